The summed E-state index contributed by atoms with van der Waals surface area (Å²) in [5.41, 5.74) is 4.13. The summed E-state index contributed by atoms with van der Waals surface area (Å²) in [4.78, 5) is 19.1. The highest BCUT2D eigenvalue weighted by Gasteiger charge is 2.07. The highest BCUT2D eigenvalue weighted by atomic mass is 16.1. The van der Waals surface area contributed by atoms with Gasteiger partial charge >= 0.3 is 0 Å². The molecule has 5 nitrogen and oxygen atoms in total. The standard InChI is InChI=1S/C14H12N4O/c1-15-11-4-2-10(3-5-11)13-6-17-14-7-16-12(9-19)8-18(13)14/h2-9,15H,1H3. The van der Waals surface area contributed by atoms with Crippen LogP contribution in [0.1, 0.15) is 10.5 Å². The fourth-order valence-corrected chi connectivity index (χ4v) is 1.99. The second kappa shape index (κ2) is 4.53. The number of hydrogen-bond donors (Lipinski definition) is 1. The Balaban J connectivity index is 2.15. The Labute approximate surface area is 109 Å². The topological polar surface area (TPSA) is 59.3 Å². The molecule has 0 saturated carbocycles. The van der Waals surface area contributed by atoms with Crippen LogP contribution in [0.2, 0.25) is 0 Å². The van der Waals surface area contributed by atoms with Crippen molar-refractivity contribution in [1.82, 2.24) is 14.4 Å². The number of anilines is 1. The highest BCUT2D eigenvalue weighted by molar-refractivity contribution is 5.73. The van der Waals surface area contributed by atoms with E-state index in [-0.39, 0.29) is 0 Å². The van der Waals surface area contributed by atoms with Gasteiger partial charge < -0.3 is 5.32 Å². The minimum Gasteiger partial charge on any atom is -0.388 e. The maximum absolute atomic E-state index is 10.8. The molecule has 0 unspecified atom stereocenters. The number of rotatable bonds is 3. The molecule has 0 bridgehead atoms. The molecule has 0 amide bonds. The van der Waals surface area contributed by atoms with Crippen molar-refractivity contribution in [3.63, 3.8) is 0 Å². The van der Waals surface area contributed by atoms with Gasteiger partial charge in [0.1, 0.15) is 5.69 Å². The van der Waals surface area contributed by atoms with Crippen LogP contribution < -0.4 is 5.32 Å². The van der Waals surface area contributed by atoms with Crippen LogP contribution >= 0.6 is 0 Å². The third kappa shape index (κ3) is 1.95. The van der Waals surface area contributed by atoms with E-state index in [9.17, 15) is 4.79 Å². The van der Waals surface area contributed by atoms with Crippen molar-refractivity contribution < 1.29 is 4.79 Å². The van der Waals surface area contributed by atoms with Crippen molar-refractivity contribution in [1.29, 1.82) is 0 Å². The van der Waals surface area contributed by atoms with Gasteiger partial charge in [0.05, 0.1) is 18.1 Å². The number of benzene rings is 1. The summed E-state index contributed by atoms with van der Waals surface area (Å²) >= 11 is 0. The van der Waals surface area contributed by atoms with Crippen molar-refractivity contribution in [3.8, 4) is 11.3 Å². The first-order valence-corrected chi connectivity index (χ1v) is 5.88. The molecular formula is C14H12N4O. The van der Waals surface area contributed by atoms with Crippen molar-refractivity contribution in [2.75, 3.05) is 12.4 Å². The molecule has 3 rings (SSSR count). The molecule has 1 N–H and O–H groups in total. The number of nitrogens with one attached hydrogen (secondary N) is 1. The van der Waals surface area contributed by atoms with Crippen molar-refractivity contribution in [2.24, 2.45) is 0 Å². The van der Waals surface area contributed by atoms with Crippen LogP contribution in [0.3, 0.4) is 0 Å². The Morgan fingerprint density at radius 2 is 1.95 bits per heavy atom. The van der Waals surface area contributed by atoms with Gasteiger partial charge in [-0.1, -0.05) is 12.1 Å². The minimum absolute atomic E-state index is 0.388. The largest absolute Gasteiger partial charge is 0.388 e. The normalized spacial score (nSPS) is 10.6. The number of fused-ring (bicyclic) bond motifs is 1. The summed E-state index contributed by atoms with van der Waals surface area (Å²) in [5, 5.41) is 3.08. The number of aromatic nitrogens is 3. The third-order valence-electron chi connectivity index (χ3n) is 3.01. The number of aldehydes is 1. The molecule has 0 saturated heterocycles. The van der Waals surface area contributed by atoms with Gasteiger partial charge in [0, 0.05) is 24.5 Å². The lowest BCUT2D eigenvalue weighted by Gasteiger charge is -2.04. The summed E-state index contributed by atoms with van der Waals surface area (Å²) < 4.78 is 1.87. The first kappa shape index (κ1) is 11.4. The van der Waals surface area contributed by atoms with Crippen molar-refractivity contribution >= 4 is 17.6 Å². The van der Waals surface area contributed by atoms with Gasteiger partial charge in [-0.2, -0.15) is 0 Å². The number of hydrogen-bond acceptors (Lipinski definition) is 4. The van der Waals surface area contributed by atoms with E-state index in [4.69, 9.17) is 0 Å². The van der Waals surface area contributed by atoms with Crippen LogP contribution in [0.15, 0.2) is 42.9 Å². The highest BCUT2D eigenvalue weighted by Crippen LogP contribution is 2.22. The molecular weight excluding hydrogens is 240 g/mol. The van der Waals surface area contributed by atoms with Crippen LogP contribution in [-0.2, 0) is 0 Å². The minimum atomic E-state index is 0.388. The SMILES string of the molecule is CNc1ccc(-c2cnc3cnc(C=O)cn23)cc1. The van der Waals surface area contributed by atoms with Gasteiger partial charge in [0.25, 0.3) is 0 Å². The van der Waals surface area contributed by atoms with Gasteiger partial charge in [0.15, 0.2) is 11.9 Å². The molecule has 0 radical (unpaired) electrons. The average molecular weight is 252 g/mol. The van der Waals surface area contributed by atoms with Crippen LogP contribution in [0, 0.1) is 0 Å². The first-order chi connectivity index (χ1) is 9.31. The summed E-state index contributed by atoms with van der Waals surface area (Å²) in [7, 11) is 1.88. The summed E-state index contributed by atoms with van der Waals surface area (Å²) in [6.45, 7) is 0. The van der Waals surface area contributed by atoms with E-state index in [1.54, 1.807) is 18.6 Å². The smallest absolute Gasteiger partial charge is 0.169 e. The average Bonchev–Trinajstić information content (AvgIpc) is 2.90. The molecule has 1 aromatic carbocycles. The molecule has 3 aromatic rings. The van der Waals surface area contributed by atoms with Crippen molar-refractivity contribution in [2.45, 2.75) is 0 Å². The van der Waals surface area contributed by atoms with E-state index in [2.05, 4.69) is 15.3 Å². The second-order valence-corrected chi connectivity index (χ2v) is 4.13. The third-order valence-corrected chi connectivity index (χ3v) is 3.01. The predicted octanol–water partition coefficient (Wildman–Crippen LogP) is 2.25. The fraction of sp³-hybridized carbons (Fsp3) is 0.0714. The quantitative estimate of drug-likeness (QED) is 0.726. The van der Waals surface area contributed by atoms with Gasteiger partial charge in [-0.25, -0.2) is 9.97 Å². The first-order valence-electron chi connectivity index (χ1n) is 5.88. The van der Waals surface area contributed by atoms with E-state index in [0.29, 0.717) is 5.69 Å². The zero-order chi connectivity index (χ0) is 13.2. The lowest BCUT2D eigenvalue weighted by molar-refractivity contribution is 0.111. The number of carbonyl (C=O) groups excluding carboxylic acids is 1. The van der Waals surface area contributed by atoms with Crippen LogP contribution in [0.25, 0.3) is 16.9 Å². The van der Waals surface area contributed by atoms with Gasteiger partial charge in [0.2, 0.25) is 0 Å². The van der Waals surface area contributed by atoms with Crippen LogP contribution in [-0.4, -0.2) is 27.7 Å². The number of carbonyl (C=O) groups is 1. The number of imidazole rings is 1. The van der Waals surface area contributed by atoms with E-state index >= 15 is 0 Å². The summed E-state index contributed by atoms with van der Waals surface area (Å²) in [5.74, 6) is 0. The van der Waals surface area contributed by atoms with Crippen LogP contribution in [0.4, 0.5) is 5.69 Å². The molecule has 0 fully saturated rings. The molecule has 5 heteroatoms. The second-order valence-electron chi connectivity index (χ2n) is 4.13. The molecule has 19 heavy (non-hydrogen) atoms. The Kier molecular flexibility index (Phi) is 2.72. The van der Waals surface area contributed by atoms with E-state index < -0.39 is 0 Å². The fourth-order valence-electron chi connectivity index (χ4n) is 1.99. The Bertz CT molecular complexity index is 731. The molecule has 2 heterocycles. The maximum atomic E-state index is 10.8. The lowest BCUT2D eigenvalue weighted by Crippen LogP contribution is -1.94. The molecule has 0 aliphatic rings. The molecule has 0 atom stereocenters. The molecule has 2 aromatic heterocycles. The van der Waals surface area contributed by atoms with E-state index in [0.717, 1.165) is 28.9 Å². The lowest BCUT2D eigenvalue weighted by atomic mass is 10.1. The van der Waals surface area contributed by atoms with Gasteiger partial charge in [-0.15, -0.1) is 0 Å². The number of nitrogens with zero attached hydrogens (tertiary/aromatic N) is 3. The zero-order valence-electron chi connectivity index (χ0n) is 10.4. The van der Waals surface area contributed by atoms with Crippen LogP contribution in [0.5, 0.6) is 0 Å². The molecule has 94 valence electrons. The summed E-state index contributed by atoms with van der Waals surface area (Å²) in [6, 6.07) is 8.01. The van der Waals surface area contributed by atoms with Gasteiger partial charge in [-0.05, 0) is 12.1 Å². The molecule has 0 aliphatic heterocycles. The Morgan fingerprint density at radius 3 is 2.63 bits per heavy atom. The van der Waals surface area contributed by atoms with E-state index in [1.807, 2.05) is 35.7 Å². The Hall–Kier alpha value is -2.69. The molecule has 0 spiro atoms. The van der Waals surface area contributed by atoms with Gasteiger partial charge in [-0.3, -0.25) is 9.20 Å². The maximum Gasteiger partial charge on any atom is 0.169 e. The van der Waals surface area contributed by atoms with E-state index in [1.165, 1.54) is 0 Å². The predicted molar refractivity (Wildman–Crippen MR) is 73.4 cm³/mol. The monoisotopic (exact) mass is 252 g/mol. The molecule has 0 aliphatic carbocycles. The van der Waals surface area contributed by atoms with Crippen molar-refractivity contribution in [3.05, 3.63) is 48.5 Å². The summed E-state index contributed by atoms with van der Waals surface area (Å²) in [6.07, 6.45) is 5.79. The Morgan fingerprint density at radius 1 is 1.16 bits per heavy atom. The zero-order valence-corrected chi connectivity index (χ0v) is 10.4.